The van der Waals surface area contributed by atoms with Crippen LogP contribution < -0.4 is 0 Å². The van der Waals surface area contributed by atoms with Gasteiger partial charge in [0.15, 0.2) is 0 Å². The molecule has 1 heterocycles. The number of rotatable bonds is 4. The molecule has 0 aromatic carbocycles. The van der Waals surface area contributed by atoms with Gasteiger partial charge in [0.2, 0.25) is 10.0 Å². The van der Waals surface area contributed by atoms with E-state index in [1.165, 1.54) is 12.0 Å². The second-order valence-electron chi connectivity index (χ2n) is 9.11. The van der Waals surface area contributed by atoms with Crippen molar-refractivity contribution in [3.8, 4) is 0 Å². The van der Waals surface area contributed by atoms with E-state index in [0.29, 0.717) is 17.7 Å². The lowest BCUT2D eigenvalue weighted by atomic mass is 9.64. The van der Waals surface area contributed by atoms with E-state index in [0.717, 1.165) is 38.5 Å². The number of nitrogens with zero attached hydrogens (tertiary/aromatic N) is 1. The van der Waals surface area contributed by atoms with Gasteiger partial charge in [-0.15, -0.1) is 0 Å². The smallest absolute Gasteiger partial charge is 0.212 e. The fourth-order valence-electron chi connectivity index (χ4n) is 4.82. The molecule has 0 aromatic rings. The highest BCUT2D eigenvalue weighted by molar-refractivity contribution is 7.89. The van der Waals surface area contributed by atoms with Crippen LogP contribution >= 0.6 is 0 Å². The maximum Gasteiger partial charge on any atom is 0.214 e. The Balaban J connectivity index is 2.08. The lowest BCUT2D eigenvalue weighted by Crippen LogP contribution is -2.54. The van der Waals surface area contributed by atoms with Crippen molar-refractivity contribution in [1.29, 1.82) is 0 Å². The maximum atomic E-state index is 12.9. The monoisotopic (exact) mass is 377 g/mol. The summed E-state index contributed by atoms with van der Waals surface area (Å²) in [4.78, 5) is 0. The molecule has 0 bridgehead atoms. The Bertz CT molecular complexity index is 723. The first-order valence-electron chi connectivity index (χ1n) is 10.3. The van der Waals surface area contributed by atoms with Gasteiger partial charge < -0.3 is 0 Å². The fourth-order valence-corrected chi connectivity index (χ4v) is 6.76. The Morgan fingerprint density at radius 2 is 1.73 bits per heavy atom. The van der Waals surface area contributed by atoms with Crippen molar-refractivity contribution in [2.24, 2.45) is 10.8 Å². The van der Waals surface area contributed by atoms with Gasteiger partial charge in [-0.25, -0.2) is 8.42 Å². The largest absolute Gasteiger partial charge is 0.214 e. The molecule has 1 aliphatic heterocycles. The van der Waals surface area contributed by atoms with Crippen LogP contribution in [0.1, 0.15) is 72.6 Å². The lowest BCUT2D eigenvalue weighted by molar-refractivity contribution is 0.0937. The summed E-state index contributed by atoms with van der Waals surface area (Å²) in [5, 5.41) is 0. The SMILES string of the molecule is CCC1(C)C=CC=CC(C2(N3CCCS3(=O)=O)CCC(C)(CC)CC2)=C1. The average molecular weight is 378 g/mol. The molecule has 2 fully saturated rings. The summed E-state index contributed by atoms with van der Waals surface area (Å²) in [6, 6.07) is 0. The van der Waals surface area contributed by atoms with Gasteiger partial charge in [0.25, 0.3) is 0 Å². The van der Waals surface area contributed by atoms with Crippen LogP contribution in [0.2, 0.25) is 0 Å². The minimum absolute atomic E-state index is 0.0131. The molecule has 3 aliphatic rings. The number of sulfonamides is 1. The van der Waals surface area contributed by atoms with Crippen LogP contribution in [0.3, 0.4) is 0 Å². The summed E-state index contributed by atoms with van der Waals surface area (Å²) in [5.74, 6) is 0.306. The van der Waals surface area contributed by atoms with E-state index < -0.39 is 10.0 Å². The highest BCUT2D eigenvalue weighted by atomic mass is 32.2. The minimum Gasteiger partial charge on any atom is -0.212 e. The van der Waals surface area contributed by atoms with E-state index in [1.54, 1.807) is 0 Å². The molecule has 0 radical (unpaired) electrons. The summed E-state index contributed by atoms with van der Waals surface area (Å²) in [5.41, 5.74) is 1.19. The molecule has 1 atom stereocenters. The third-order valence-electron chi connectivity index (χ3n) is 7.36. The van der Waals surface area contributed by atoms with Crippen LogP contribution in [0.25, 0.3) is 0 Å². The van der Waals surface area contributed by atoms with E-state index >= 15 is 0 Å². The third-order valence-corrected chi connectivity index (χ3v) is 9.37. The normalized spacial score (nSPS) is 40.4. The highest BCUT2D eigenvalue weighted by Gasteiger charge is 2.51. The van der Waals surface area contributed by atoms with Crippen molar-refractivity contribution in [3.05, 3.63) is 36.0 Å². The molecule has 0 spiro atoms. The highest BCUT2D eigenvalue weighted by Crippen LogP contribution is 2.51. The fraction of sp³-hybridized carbons (Fsp3) is 0.727. The first-order chi connectivity index (χ1) is 12.2. The van der Waals surface area contributed by atoms with E-state index in [2.05, 4.69) is 58.1 Å². The third kappa shape index (κ3) is 3.47. The summed E-state index contributed by atoms with van der Waals surface area (Å²) in [7, 11) is -3.16. The minimum atomic E-state index is -3.16. The molecule has 2 aliphatic carbocycles. The Labute approximate surface area is 160 Å². The Morgan fingerprint density at radius 3 is 2.27 bits per heavy atom. The molecule has 4 heteroatoms. The molecule has 0 aromatic heterocycles. The van der Waals surface area contributed by atoms with Gasteiger partial charge in [0, 0.05) is 12.0 Å². The Morgan fingerprint density at radius 1 is 1.04 bits per heavy atom. The second-order valence-corrected chi connectivity index (χ2v) is 11.1. The summed E-state index contributed by atoms with van der Waals surface area (Å²) in [6.45, 7) is 9.76. The number of hydrogen-bond acceptors (Lipinski definition) is 2. The second kappa shape index (κ2) is 6.94. The van der Waals surface area contributed by atoms with Crippen molar-refractivity contribution < 1.29 is 8.42 Å². The van der Waals surface area contributed by atoms with Gasteiger partial charge in [0.05, 0.1) is 11.3 Å². The van der Waals surface area contributed by atoms with Crippen LogP contribution in [0, 0.1) is 10.8 Å². The van der Waals surface area contributed by atoms with Gasteiger partial charge >= 0.3 is 0 Å². The number of allylic oxidation sites excluding steroid dienone is 4. The maximum absolute atomic E-state index is 12.9. The van der Waals surface area contributed by atoms with Crippen molar-refractivity contribution >= 4 is 10.0 Å². The molecule has 0 N–H and O–H groups in total. The standard InChI is InChI=1S/C22H35NO2S/c1-5-20(3)12-14-22(15-13-20,23-16-9-17-26(23,24)25)19-10-7-8-11-21(4,6-2)18-19/h7-8,10-11,18H,5-6,9,12-17H2,1-4H3. The molecular weight excluding hydrogens is 342 g/mol. The predicted octanol–water partition coefficient (Wildman–Crippen LogP) is 5.22. The summed E-state index contributed by atoms with van der Waals surface area (Å²) < 4.78 is 27.7. The molecule has 3 nitrogen and oxygen atoms in total. The van der Waals surface area contributed by atoms with Gasteiger partial charge in [-0.05, 0) is 49.5 Å². The van der Waals surface area contributed by atoms with Gasteiger partial charge in [0.1, 0.15) is 0 Å². The predicted molar refractivity (Wildman–Crippen MR) is 109 cm³/mol. The molecular formula is C22H35NO2S. The zero-order valence-corrected chi connectivity index (χ0v) is 17.7. The number of hydrogen-bond donors (Lipinski definition) is 0. The molecule has 1 saturated carbocycles. The van der Waals surface area contributed by atoms with E-state index in [4.69, 9.17) is 0 Å². The van der Waals surface area contributed by atoms with Crippen LogP contribution in [0.4, 0.5) is 0 Å². The molecule has 1 unspecified atom stereocenters. The lowest BCUT2D eigenvalue weighted by Gasteiger charge is -2.50. The zero-order valence-electron chi connectivity index (χ0n) is 16.9. The molecule has 3 rings (SSSR count). The summed E-state index contributed by atoms with van der Waals surface area (Å²) in [6.07, 6.45) is 18.0. The topological polar surface area (TPSA) is 37.4 Å². The van der Waals surface area contributed by atoms with Gasteiger partial charge in [-0.3, -0.25) is 0 Å². The first-order valence-corrected chi connectivity index (χ1v) is 11.9. The van der Waals surface area contributed by atoms with Gasteiger partial charge in [-0.2, -0.15) is 4.31 Å². The van der Waals surface area contributed by atoms with Crippen molar-refractivity contribution in [2.75, 3.05) is 12.3 Å². The van der Waals surface area contributed by atoms with Crippen LogP contribution in [0.15, 0.2) is 36.0 Å². The van der Waals surface area contributed by atoms with Crippen LogP contribution in [0.5, 0.6) is 0 Å². The van der Waals surface area contributed by atoms with Crippen molar-refractivity contribution in [1.82, 2.24) is 4.31 Å². The van der Waals surface area contributed by atoms with Crippen molar-refractivity contribution in [3.63, 3.8) is 0 Å². The van der Waals surface area contributed by atoms with E-state index in [9.17, 15) is 8.42 Å². The van der Waals surface area contributed by atoms with Crippen LogP contribution in [-0.4, -0.2) is 30.6 Å². The van der Waals surface area contributed by atoms with Crippen molar-refractivity contribution in [2.45, 2.75) is 78.2 Å². The molecule has 146 valence electrons. The van der Waals surface area contributed by atoms with Gasteiger partial charge in [-0.1, -0.05) is 64.5 Å². The molecule has 1 saturated heterocycles. The van der Waals surface area contributed by atoms with E-state index in [-0.39, 0.29) is 11.0 Å². The Hall–Kier alpha value is -0.870. The van der Waals surface area contributed by atoms with Crippen LogP contribution in [-0.2, 0) is 10.0 Å². The first kappa shape index (κ1) is 19.9. The quantitative estimate of drug-likeness (QED) is 0.673. The molecule has 26 heavy (non-hydrogen) atoms. The zero-order chi connectivity index (χ0) is 19.1. The van der Waals surface area contributed by atoms with E-state index in [1.807, 2.05) is 4.31 Å². The average Bonchev–Trinajstić information content (AvgIpc) is 2.86. The Kier molecular flexibility index (Phi) is 5.31. The molecule has 0 amide bonds. The summed E-state index contributed by atoms with van der Waals surface area (Å²) >= 11 is 0.